The normalized spacial score (nSPS) is 11.9. The van der Waals surface area contributed by atoms with Crippen molar-refractivity contribution in [3.05, 3.63) is 89.0 Å². The zero-order valence-electron chi connectivity index (χ0n) is 20.6. The minimum Gasteiger partial charge on any atom is -0.487 e. The molecule has 1 heterocycles. The molecule has 0 fully saturated rings. The van der Waals surface area contributed by atoms with Crippen LogP contribution in [-0.2, 0) is 27.0 Å². The first kappa shape index (κ1) is 27.9. The zero-order chi connectivity index (χ0) is 27.6. The first-order valence-corrected chi connectivity index (χ1v) is 12.9. The van der Waals surface area contributed by atoms with Gasteiger partial charge >= 0.3 is 11.4 Å². The van der Waals surface area contributed by atoms with Crippen LogP contribution in [0.5, 0.6) is 5.75 Å². The van der Waals surface area contributed by atoms with Crippen molar-refractivity contribution >= 4 is 51.1 Å². The van der Waals surface area contributed by atoms with Crippen molar-refractivity contribution in [3.8, 4) is 17.6 Å². The van der Waals surface area contributed by atoms with Gasteiger partial charge in [0.1, 0.15) is 43.5 Å². The highest BCUT2D eigenvalue weighted by molar-refractivity contribution is 7.74. The van der Waals surface area contributed by atoms with Crippen LogP contribution in [0.2, 0.25) is 5.02 Å². The molecule has 1 atom stereocenters. The maximum absolute atomic E-state index is 13.4. The molecule has 39 heavy (non-hydrogen) atoms. The molecule has 3 aromatic carbocycles. The van der Waals surface area contributed by atoms with Crippen molar-refractivity contribution in [3.63, 3.8) is 0 Å². The van der Waals surface area contributed by atoms with Gasteiger partial charge in [-0.05, 0) is 66.9 Å². The lowest BCUT2D eigenvalue weighted by atomic mass is 10.1. The van der Waals surface area contributed by atoms with Crippen molar-refractivity contribution in [1.82, 2.24) is 9.97 Å². The van der Waals surface area contributed by atoms with Crippen LogP contribution in [0.3, 0.4) is 0 Å². The van der Waals surface area contributed by atoms with Gasteiger partial charge in [-0.15, -0.1) is 0 Å². The molecule has 0 spiro atoms. The lowest BCUT2D eigenvalue weighted by Gasteiger charge is -2.12. The molecule has 9 nitrogen and oxygen atoms in total. The number of halogens is 2. The molecular weight excluding hydrogens is 547 g/mol. The number of nitrogens with zero attached hydrogens (tertiary/aromatic N) is 3. The second-order valence-corrected chi connectivity index (χ2v) is 8.91. The number of anilines is 2. The molecule has 1 unspecified atom stereocenters. The number of nitrogens with one attached hydrogen (secondary N) is 1. The Labute approximate surface area is 231 Å². The van der Waals surface area contributed by atoms with Crippen molar-refractivity contribution in [2.45, 2.75) is 13.5 Å². The molecule has 200 valence electrons. The highest BCUT2D eigenvalue weighted by Gasteiger charge is 2.11. The van der Waals surface area contributed by atoms with Gasteiger partial charge < -0.3 is 14.9 Å². The Morgan fingerprint density at radius 1 is 1.15 bits per heavy atom. The number of oxime groups is 1. The fourth-order valence-corrected chi connectivity index (χ4v) is 3.89. The van der Waals surface area contributed by atoms with Gasteiger partial charge in [0.25, 0.3) is 0 Å². The summed E-state index contributed by atoms with van der Waals surface area (Å²) in [5.74, 6) is 6.32. The fraction of sp³-hybridized carbons (Fsp3) is 0.148. The Hall–Kier alpha value is -4.08. The Kier molecular flexibility index (Phi) is 9.77. The summed E-state index contributed by atoms with van der Waals surface area (Å²) in [6, 6.07) is 16.8. The lowest BCUT2D eigenvalue weighted by Crippen LogP contribution is -2.06. The SMILES string of the molecule is CC#CC(=NOCCOS(=O)O)c1ccc2ncnc(Nc3ccc(OCc4cccc(F)c4)c(Cl)c3)c2c1. The van der Waals surface area contributed by atoms with E-state index in [2.05, 4.69) is 36.5 Å². The van der Waals surface area contributed by atoms with Crippen LogP contribution < -0.4 is 10.1 Å². The molecular formula is C27H22ClFN4O5S. The summed E-state index contributed by atoms with van der Waals surface area (Å²) in [6.07, 6.45) is 1.44. The molecule has 1 aromatic heterocycles. The Bertz CT molecular complexity index is 1590. The molecule has 0 aliphatic carbocycles. The van der Waals surface area contributed by atoms with E-state index in [0.29, 0.717) is 50.0 Å². The second kappa shape index (κ2) is 13.6. The Balaban J connectivity index is 1.52. The number of ether oxygens (including phenoxy) is 1. The number of hydrogen-bond donors (Lipinski definition) is 2. The van der Waals surface area contributed by atoms with Gasteiger partial charge in [0, 0.05) is 16.6 Å². The van der Waals surface area contributed by atoms with Crippen molar-refractivity contribution in [1.29, 1.82) is 0 Å². The van der Waals surface area contributed by atoms with Crippen molar-refractivity contribution < 1.29 is 26.9 Å². The van der Waals surface area contributed by atoms with Crippen LogP contribution in [-0.4, -0.2) is 37.7 Å². The first-order valence-electron chi connectivity index (χ1n) is 11.5. The molecule has 2 N–H and O–H groups in total. The van der Waals surface area contributed by atoms with Gasteiger partial charge in [-0.3, -0.25) is 8.74 Å². The molecule has 0 bridgehead atoms. The van der Waals surface area contributed by atoms with Gasteiger partial charge in [-0.25, -0.2) is 14.4 Å². The highest BCUT2D eigenvalue weighted by Crippen LogP contribution is 2.31. The van der Waals surface area contributed by atoms with Crippen molar-refractivity contribution in [2.75, 3.05) is 18.5 Å². The molecule has 0 amide bonds. The number of benzene rings is 3. The molecule has 0 saturated carbocycles. The summed E-state index contributed by atoms with van der Waals surface area (Å²) in [5, 5.41) is 8.35. The van der Waals surface area contributed by atoms with Gasteiger partial charge in [0.2, 0.25) is 0 Å². The number of aromatic nitrogens is 2. The first-order chi connectivity index (χ1) is 18.9. The van der Waals surface area contributed by atoms with E-state index in [-0.39, 0.29) is 25.6 Å². The van der Waals surface area contributed by atoms with Gasteiger partial charge in [0.15, 0.2) is 5.71 Å². The average Bonchev–Trinajstić information content (AvgIpc) is 2.92. The van der Waals surface area contributed by atoms with Gasteiger partial charge in [-0.2, -0.15) is 4.21 Å². The average molecular weight is 569 g/mol. The smallest absolute Gasteiger partial charge is 0.302 e. The minimum absolute atomic E-state index is 0.0343. The predicted molar refractivity (Wildman–Crippen MR) is 148 cm³/mol. The van der Waals surface area contributed by atoms with E-state index in [4.69, 9.17) is 25.7 Å². The van der Waals surface area contributed by atoms with E-state index in [1.165, 1.54) is 18.5 Å². The molecule has 0 radical (unpaired) electrons. The predicted octanol–water partition coefficient (Wildman–Crippen LogP) is 5.64. The van der Waals surface area contributed by atoms with E-state index < -0.39 is 11.4 Å². The van der Waals surface area contributed by atoms with Crippen LogP contribution in [0, 0.1) is 17.7 Å². The summed E-state index contributed by atoms with van der Waals surface area (Å²) in [7, 11) is 0. The number of fused-ring (bicyclic) bond motifs is 1. The summed E-state index contributed by atoms with van der Waals surface area (Å²) < 4.78 is 42.9. The van der Waals surface area contributed by atoms with E-state index in [1.807, 2.05) is 6.07 Å². The van der Waals surface area contributed by atoms with Crippen LogP contribution in [0.4, 0.5) is 15.9 Å². The number of rotatable bonds is 11. The summed E-state index contributed by atoms with van der Waals surface area (Å²) in [6.45, 7) is 1.69. The Morgan fingerprint density at radius 3 is 2.79 bits per heavy atom. The number of hydrogen-bond acceptors (Lipinski definition) is 8. The van der Waals surface area contributed by atoms with E-state index in [0.717, 1.165) is 0 Å². The van der Waals surface area contributed by atoms with Crippen LogP contribution >= 0.6 is 11.6 Å². The lowest BCUT2D eigenvalue weighted by molar-refractivity contribution is 0.109. The Morgan fingerprint density at radius 2 is 2.03 bits per heavy atom. The summed E-state index contributed by atoms with van der Waals surface area (Å²) in [5.41, 5.74) is 3.03. The maximum Gasteiger partial charge on any atom is 0.302 e. The third-order valence-corrected chi connectivity index (χ3v) is 5.81. The van der Waals surface area contributed by atoms with E-state index >= 15 is 0 Å². The molecule has 0 saturated heterocycles. The van der Waals surface area contributed by atoms with E-state index in [1.54, 1.807) is 49.4 Å². The summed E-state index contributed by atoms with van der Waals surface area (Å²) in [4.78, 5) is 13.9. The molecule has 12 heteroatoms. The van der Waals surface area contributed by atoms with Crippen LogP contribution in [0.1, 0.15) is 18.1 Å². The third kappa shape index (κ3) is 7.95. The standard InChI is InChI=1S/C27H22ClFN4O5S/c1-2-4-24(33-37-11-12-38-39(34)35)19-7-9-25-22(14-19)27(31-17-30-25)32-21-8-10-26(23(28)15-21)36-16-18-5-3-6-20(29)13-18/h3,5-10,13-15,17H,11-12,16H2,1H3,(H,34,35)(H,30,31,32). The minimum atomic E-state index is -2.37. The maximum atomic E-state index is 13.4. The zero-order valence-corrected chi connectivity index (χ0v) is 22.1. The van der Waals surface area contributed by atoms with Crippen LogP contribution in [0.15, 0.2) is 72.1 Å². The van der Waals surface area contributed by atoms with Crippen molar-refractivity contribution in [2.24, 2.45) is 5.16 Å². The molecule has 0 aliphatic rings. The molecule has 4 aromatic rings. The third-order valence-electron chi connectivity index (χ3n) is 5.14. The highest BCUT2D eigenvalue weighted by atomic mass is 35.5. The van der Waals surface area contributed by atoms with E-state index in [9.17, 15) is 8.60 Å². The fourth-order valence-electron chi connectivity index (χ4n) is 3.44. The largest absolute Gasteiger partial charge is 0.487 e. The van der Waals surface area contributed by atoms with Gasteiger partial charge in [-0.1, -0.05) is 34.8 Å². The monoisotopic (exact) mass is 568 g/mol. The second-order valence-electron chi connectivity index (χ2n) is 7.83. The topological polar surface area (TPSA) is 115 Å². The summed E-state index contributed by atoms with van der Waals surface area (Å²) >= 11 is 4.07. The molecule has 4 rings (SSSR count). The quantitative estimate of drug-likeness (QED) is 0.0785. The molecule has 0 aliphatic heterocycles. The van der Waals surface area contributed by atoms with Gasteiger partial charge in [0.05, 0.1) is 10.5 Å². The van der Waals surface area contributed by atoms with Crippen LogP contribution in [0.25, 0.3) is 10.9 Å².